The van der Waals surface area contributed by atoms with Crippen molar-refractivity contribution in [2.45, 2.75) is 0 Å². The monoisotopic (exact) mass is 332 g/mol. The Morgan fingerprint density at radius 2 is 2.00 bits per heavy atom. The van der Waals surface area contributed by atoms with Crippen molar-refractivity contribution in [3.63, 3.8) is 0 Å². The lowest BCUT2D eigenvalue weighted by Crippen LogP contribution is -1.96. The summed E-state index contributed by atoms with van der Waals surface area (Å²) in [5.41, 5.74) is 0. The Balaban J connectivity index is 3.24. The van der Waals surface area contributed by atoms with Gasteiger partial charge in [0.05, 0.1) is 8.40 Å². The van der Waals surface area contributed by atoms with Crippen molar-refractivity contribution in [2.24, 2.45) is 0 Å². The summed E-state index contributed by atoms with van der Waals surface area (Å²) in [6.07, 6.45) is 0. The molecule has 1 aromatic heterocycles. The van der Waals surface area contributed by atoms with Crippen LogP contribution < -0.4 is 4.62 Å². The minimum absolute atomic E-state index is 1.15. The Hall–Kier alpha value is 1.31. The van der Waals surface area contributed by atoms with Crippen LogP contribution in [0.3, 0.4) is 0 Å². The second-order valence-corrected chi connectivity index (χ2v) is 12.0. The van der Waals surface area contributed by atoms with Gasteiger partial charge in [0.15, 0.2) is 0 Å². The summed E-state index contributed by atoms with van der Waals surface area (Å²) >= 11 is 14.1. The fraction of sp³-hybridized carbons (Fsp3) is 0.333. The minimum Gasteiger partial charge on any atom is -0.126 e. The summed E-state index contributed by atoms with van der Waals surface area (Å²) in [5.74, 6) is 0. The lowest BCUT2D eigenvalue weighted by atomic mass is 10.7. The lowest BCUT2D eigenvalue weighted by molar-refractivity contribution is 1.89. The van der Waals surface area contributed by atoms with Gasteiger partial charge in [-0.15, -0.1) is 11.3 Å². The average Bonchev–Trinajstić information content (AvgIpc) is 2.08. The van der Waals surface area contributed by atoms with Gasteiger partial charge in [-0.2, -0.15) is 0 Å². The molecule has 0 saturated heterocycles. The van der Waals surface area contributed by atoms with Gasteiger partial charge in [-0.25, -0.2) is 0 Å². The van der Waals surface area contributed by atoms with Crippen molar-refractivity contribution in [3.05, 3.63) is 14.3 Å². The number of hydrogen-bond donors (Lipinski definition) is 0. The molecule has 0 nitrogen and oxygen atoms in total. The van der Waals surface area contributed by atoms with Crippen molar-refractivity contribution >= 4 is 65.7 Å². The molecule has 0 bridgehead atoms. The van der Waals surface area contributed by atoms with E-state index in [1.54, 1.807) is 11.3 Å². The van der Waals surface area contributed by atoms with E-state index in [-0.39, 0.29) is 0 Å². The van der Waals surface area contributed by atoms with Crippen LogP contribution in [0.25, 0.3) is 0 Å². The fourth-order valence-corrected chi connectivity index (χ4v) is 7.30. The summed E-state index contributed by atoms with van der Waals surface area (Å²) in [4.78, 5) is 0. The van der Waals surface area contributed by atoms with Crippen LogP contribution in [-0.2, 0) is 11.8 Å². The van der Waals surface area contributed by atoms with Gasteiger partial charge in [-0.3, -0.25) is 0 Å². The average molecular weight is 334 g/mol. The van der Waals surface area contributed by atoms with E-state index >= 15 is 0 Å². The molecule has 1 aromatic rings. The molecule has 0 N–H and O–H groups in total. The third-order valence-electron chi connectivity index (χ3n) is 1.13. The first-order valence-corrected chi connectivity index (χ1v) is 9.01. The Labute approximate surface area is 92.7 Å². The maximum atomic E-state index is 5.42. The van der Waals surface area contributed by atoms with Gasteiger partial charge < -0.3 is 0 Å². The largest absolute Gasteiger partial charge is 0.126 e. The van der Waals surface area contributed by atoms with Gasteiger partial charge >= 0.3 is 0 Å². The van der Waals surface area contributed by atoms with E-state index in [2.05, 4.69) is 51.3 Å². The van der Waals surface area contributed by atoms with E-state index in [0.717, 1.165) is 8.26 Å². The molecule has 0 aliphatic carbocycles. The van der Waals surface area contributed by atoms with Crippen molar-refractivity contribution in [3.8, 4) is 0 Å². The van der Waals surface area contributed by atoms with Crippen LogP contribution in [-0.4, -0.2) is 13.3 Å². The molecular weight excluding hydrogens is 327 g/mol. The molecule has 0 radical (unpaired) electrons. The predicted molar refractivity (Wildman–Crippen MR) is 65.5 cm³/mol. The molecule has 0 fully saturated rings. The highest BCUT2D eigenvalue weighted by Crippen LogP contribution is 2.42. The van der Waals surface area contributed by atoms with Gasteiger partial charge in [-0.05, 0) is 57.3 Å². The zero-order chi connectivity index (χ0) is 8.65. The summed E-state index contributed by atoms with van der Waals surface area (Å²) in [6.45, 7) is 4.29. The maximum absolute atomic E-state index is 5.42. The van der Waals surface area contributed by atoms with Crippen LogP contribution in [0.15, 0.2) is 14.3 Å². The van der Waals surface area contributed by atoms with E-state index in [0.29, 0.717) is 0 Å². The van der Waals surface area contributed by atoms with Crippen molar-refractivity contribution in [1.29, 1.82) is 0 Å². The van der Waals surface area contributed by atoms with Gasteiger partial charge in [0, 0.05) is 4.47 Å². The zero-order valence-electron chi connectivity index (χ0n) is 6.10. The second-order valence-electron chi connectivity index (χ2n) is 2.55. The van der Waals surface area contributed by atoms with Crippen LogP contribution in [0.1, 0.15) is 0 Å². The Morgan fingerprint density at radius 3 is 2.18 bits per heavy atom. The summed E-state index contributed by atoms with van der Waals surface area (Å²) in [7, 11) is 0. The van der Waals surface area contributed by atoms with E-state index in [4.69, 9.17) is 11.8 Å². The van der Waals surface area contributed by atoms with Crippen LogP contribution in [0.5, 0.6) is 0 Å². The summed E-state index contributed by atoms with van der Waals surface area (Å²) < 4.78 is 3.62. The molecule has 0 spiro atoms. The fourth-order valence-electron chi connectivity index (χ4n) is 0.699. The van der Waals surface area contributed by atoms with Crippen molar-refractivity contribution in [2.75, 3.05) is 13.3 Å². The van der Waals surface area contributed by atoms with E-state index < -0.39 is 6.04 Å². The Morgan fingerprint density at radius 1 is 1.45 bits per heavy atom. The van der Waals surface area contributed by atoms with Crippen LogP contribution in [0, 0.1) is 0 Å². The highest BCUT2D eigenvalue weighted by Gasteiger charge is 2.13. The first-order valence-electron chi connectivity index (χ1n) is 2.91. The summed E-state index contributed by atoms with van der Waals surface area (Å²) in [5, 5.41) is 0. The SMILES string of the molecule is CP(C)(=S)c1sc(Br)cc1Br. The molecule has 62 valence electrons. The van der Waals surface area contributed by atoms with Crippen molar-refractivity contribution in [1.82, 2.24) is 0 Å². The maximum Gasteiger partial charge on any atom is 0.0717 e. The molecule has 11 heavy (non-hydrogen) atoms. The van der Waals surface area contributed by atoms with Crippen LogP contribution >= 0.6 is 49.2 Å². The first-order chi connectivity index (χ1) is 4.91. The summed E-state index contributed by atoms with van der Waals surface area (Å²) in [6, 6.07) is 0.804. The Kier molecular flexibility index (Phi) is 3.39. The normalized spacial score (nSPS) is 12.0. The van der Waals surface area contributed by atoms with Crippen LogP contribution in [0.2, 0.25) is 0 Å². The number of halogens is 2. The first kappa shape index (κ1) is 10.4. The molecule has 0 aliphatic heterocycles. The quantitative estimate of drug-likeness (QED) is 0.707. The van der Waals surface area contributed by atoms with Gasteiger partial charge in [0.1, 0.15) is 0 Å². The van der Waals surface area contributed by atoms with E-state index in [9.17, 15) is 0 Å². The third-order valence-corrected chi connectivity index (χ3v) is 7.52. The highest BCUT2D eigenvalue weighted by molar-refractivity contribution is 9.11. The molecule has 1 heterocycles. The number of thiophene rings is 1. The Bertz CT molecular complexity index is 312. The topological polar surface area (TPSA) is 0 Å². The molecule has 0 amide bonds. The van der Waals surface area contributed by atoms with E-state index in [1.807, 2.05) is 0 Å². The molecule has 1 rings (SSSR count). The van der Waals surface area contributed by atoms with Crippen LogP contribution in [0.4, 0.5) is 0 Å². The predicted octanol–water partition coefficient (Wildman–Crippen LogP) is 3.64. The van der Waals surface area contributed by atoms with Gasteiger partial charge in [0.2, 0.25) is 0 Å². The van der Waals surface area contributed by atoms with Gasteiger partial charge in [-0.1, -0.05) is 11.8 Å². The molecule has 0 aliphatic rings. The zero-order valence-corrected chi connectivity index (χ0v) is 11.8. The number of rotatable bonds is 1. The standard InChI is InChI=1S/C6H7Br2PS2/c1-9(2,10)6-4(7)3-5(8)11-6/h3H,1-2H3. The molecule has 0 aromatic carbocycles. The molecular formula is C6H7Br2PS2. The molecule has 5 heteroatoms. The van der Waals surface area contributed by atoms with Gasteiger partial charge in [0.25, 0.3) is 0 Å². The second kappa shape index (κ2) is 3.59. The smallest absolute Gasteiger partial charge is 0.0717 e. The number of hydrogen-bond acceptors (Lipinski definition) is 2. The molecule has 0 saturated carbocycles. The lowest BCUT2D eigenvalue weighted by Gasteiger charge is -2.06. The third kappa shape index (κ3) is 2.63. The van der Waals surface area contributed by atoms with Crippen molar-refractivity contribution < 1.29 is 0 Å². The molecule has 0 atom stereocenters. The minimum atomic E-state index is -1.26. The van der Waals surface area contributed by atoms with E-state index in [1.165, 1.54) is 4.62 Å². The highest BCUT2D eigenvalue weighted by atomic mass is 79.9. The molecule has 0 unspecified atom stereocenters.